The van der Waals surface area contributed by atoms with Crippen molar-refractivity contribution in [3.8, 4) is 5.75 Å². The summed E-state index contributed by atoms with van der Waals surface area (Å²) in [5.74, 6) is 2.14. The second-order valence-corrected chi connectivity index (χ2v) is 7.01. The maximum absolute atomic E-state index is 14.0. The topological polar surface area (TPSA) is 30.3 Å². The lowest BCUT2D eigenvalue weighted by Gasteiger charge is -2.32. The first-order chi connectivity index (χ1) is 12.7. The second kappa shape index (κ2) is 7.08. The normalized spacial score (nSPS) is 16.3. The van der Waals surface area contributed by atoms with Gasteiger partial charge in [-0.3, -0.25) is 4.90 Å². The molecule has 1 saturated heterocycles. The van der Waals surface area contributed by atoms with Gasteiger partial charge in [0.25, 0.3) is 0 Å². The van der Waals surface area contributed by atoms with Gasteiger partial charge in [-0.2, -0.15) is 0 Å². The molecule has 0 bridgehead atoms. The number of methoxy groups -OCH3 is 1. The van der Waals surface area contributed by atoms with Crippen molar-refractivity contribution in [3.05, 3.63) is 59.7 Å². The van der Waals surface area contributed by atoms with E-state index in [1.54, 1.807) is 19.2 Å². The number of nitrogens with zero attached hydrogens (tertiary/aromatic N) is 3. The first kappa shape index (κ1) is 17.0. The maximum Gasteiger partial charge on any atom is 0.126 e. The molecule has 0 spiro atoms. The summed E-state index contributed by atoms with van der Waals surface area (Å²) < 4.78 is 21.5. The Morgan fingerprint density at radius 3 is 2.65 bits per heavy atom. The number of fused-ring (bicyclic) bond motifs is 1. The highest BCUT2D eigenvalue weighted by Crippen LogP contribution is 2.30. The molecule has 3 aromatic rings. The molecule has 1 aromatic heterocycles. The van der Waals surface area contributed by atoms with Gasteiger partial charge in [0.1, 0.15) is 17.4 Å². The van der Waals surface area contributed by atoms with E-state index in [1.807, 2.05) is 30.3 Å². The lowest BCUT2D eigenvalue weighted by Crippen LogP contribution is -2.33. The Balaban J connectivity index is 1.45. The summed E-state index contributed by atoms with van der Waals surface area (Å²) in [5, 5.41) is 0. The summed E-state index contributed by atoms with van der Waals surface area (Å²) in [6.07, 6.45) is 1.97. The Kier molecular flexibility index (Phi) is 4.64. The zero-order valence-electron chi connectivity index (χ0n) is 15.3. The van der Waals surface area contributed by atoms with Crippen molar-refractivity contribution >= 4 is 11.0 Å². The van der Waals surface area contributed by atoms with Crippen LogP contribution in [0, 0.1) is 5.82 Å². The van der Waals surface area contributed by atoms with Crippen LogP contribution in [-0.2, 0) is 13.6 Å². The van der Waals surface area contributed by atoms with E-state index in [1.165, 1.54) is 0 Å². The van der Waals surface area contributed by atoms with E-state index in [0.29, 0.717) is 5.92 Å². The van der Waals surface area contributed by atoms with Gasteiger partial charge in [0.2, 0.25) is 0 Å². The Labute approximate surface area is 153 Å². The largest absolute Gasteiger partial charge is 0.497 e. The molecule has 26 heavy (non-hydrogen) atoms. The van der Waals surface area contributed by atoms with Crippen LogP contribution in [0.2, 0.25) is 0 Å². The molecule has 1 aliphatic rings. The summed E-state index contributed by atoms with van der Waals surface area (Å²) in [4.78, 5) is 7.19. The number of likely N-dealkylation sites (tertiary alicyclic amines) is 1. The van der Waals surface area contributed by atoms with Crippen LogP contribution in [0.1, 0.15) is 30.1 Å². The molecule has 2 heterocycles. The molecule has 0 saturated carbocycles. The number of halogens is 1. The van der Waals surface area contributed by atoms with Crippen LogP contribution in [-0.4, -0.2) is 34.7 Å². The van der Waals surface area contributed by atoms with Crippen LogP contribution in [0.3, 0.4) is 0 Å². The summed E-state index contributed by atoms with van der Waals surface area (Å²) in [6.45, 7) is 2.74. The van der Waals surface area contributed by atoms with Crippen molar-refractivity contribution < 1.29 is 9.13 Å². The van der Waals surface area contributed by atoms with Crippen molar-refractivity contribution in [1.82, 2.24) is 14.5 Å². The van der Waals surface area contributed by atoms with Gasteiger partial charge >= 0.3 is 0 Å². The molecule has 2 aromatic carbocycles. The number of hydrogen-bond acceptors (Lipinski definition) is 3. The van der Waals surface area contributed by atoms with Crippen LogP contribution in [0.15, 0.2) is 42.5 Å². The van der Waals surface area contributed by atoms with E-state index < -0.39 is 0 Å². The van der Waals surface area contributed by atoms with Gasteiger partial charge in [-0.15, -0.1) is 0 Å². The lowest BCUT2D eigenvalue weighted by atomic mass is 9.89. The molecule has 136 valence electrons. The number of aryl methyl sites for hydroxylation is 1. The first-order valence-corrected chi connectivity index (χ1v) is 9.12. The summed E-state index contributed by atoms with van der Waals surface area (Å²) in [5.41, 5.74) is 2.94. The second-order valence-electron chi connectivity index (χ2n) is 7.01. The summed E-state index contributed by atoms with van der Waals surface area (Å²) >= 11 is 0. The van der Waals surface area contributed by atoms with Gasteiger partial charge < -0.3 is 9.30 Å². The zero-order valence-corrected chi connectivity index (χ0v) is 15.3. The predicted molar refractivity (Wildman–Crippen MR) is 101 cm³/mol. The third-order valence-corrected chi connectivity index (χ3v) is 5.48. The Morgan fingerprint density at radius 1 is 1.15 bits per heavy atom. The molecule has 1 aliphatic heterocycles. The van der Waals surface area contributed by atoms with E-state index in [2.05, 4.69) is 16.5 Å². The number of hydrogen-bond donors (Lipinski definition) is 0. The Morgan fingerprint density at radius 2 is 1.92 bits per heavy atom. The number of ether oxygens (including phenoxy) is 1. The minimum atomic E-state index is -0.0738. The molecule has 0 amide bonds. The SMILES string of the molecule is COc1ccc2nc(CN3CCC(c4ccccc4F)CC3)n(C)c2c1. The average Bonchev–Trinajstić information content (AvgIpc) is 2.98. The van der Waals surface area contributed by atoms with Crippen molar-refractivity contribution in [1.29, 1.82) is 0 Å². The van der Waals surface area contributed by atoms with Crippen LogP contribution in [0.25, 0.3) is 11.0 Å². The highest BCUT2D eigenvalue weighted by Gasteiger charge is 2.23. The number of benzene rings is 2. The number of piperidine rings is 1. The van der Waals surface area contributed by atoms with Crippen molar-refractivity contribution in [2.75, 3.05) is 20.2 Å². The molecule has 0 aliphatic carbocycles. The number of aromatic nitrogens is 2. The maximum atomic E-state index is 14.0. The zero-order chi connectivity index (χ0) is 18.1. The van der Waals surface area contributed by atoms with Gasteiger partial charge in [-0.1, -0.05) is 18.2 Å². The molecule has 5 heteroatoms. The fraction of sp³-hybridized carbons (Fsp3) is 0.381. The van der Waals surface area contributed by atoms with Gasteiger partial charge in [0.15, 0.2) is 0 Å². The van der Waals surface area contributed by atoms with Crippen LogP contribution in [0.4, 0.5) is 4.39 Å². The minimum absolute atomic E-state index is 0.0738. The lowest BCUT2D eigenvalue weighted by molar-refractivity contribution is 0.197. The molecular formula is C21H24FN3O. The minimum Gasteiger partial charge on any atom is -0.497 e. The fourth-order valence-electron chi connectivity index (χ4n) is 3.90. The average molecular weight is 353 g/mol. The van der Waals surface area contributed by atoms with Crippen LogP contribution in [0.5, 0.6) is 5.75 Å². The molecule has 0 atom stereocenters. The Hall–Kier alpha value is -2.40. The molecule has 4 nitrogen and oxygen atoms in total. The standard InChI is InChI=1S/C21H24FN3O/c1-24-20-13-16(26-2)7-8-19(20)23-21(24)14-25-11-9-15(10-12-25)17-5-3-4-6-18(17)22/h3-8,13,15H,9-12,14H2,1-2H3. The van der Waals surface area contributed by atoms with E-state index >= 15 is 0 Å². The van der Waals surface area contributed by atoms with E-state index in [4.69, 9.17) is 9.72 Å². The molecule has 0 N–H and O–H groups in total. The highest BCUT2D eigenvalue weighted by molar-refractivity contribution is 5.77. The van der Waals surface area contributed by atoms with Gasteiger partial charge in [-0.25, -0.2) is 9.37 Å². The molecule has 4 rings (SSSR count). The number of rotatable bonds is 4. The van der Waals surface area contributed by atoms with Crippen LogP contribution < -0.4 is 4.74 Å². The smallest absolute Gasteiger partial charge is 0.126 e. The van der Waals surface area contributed by atoms with Gasteiger partial charge in [0, 0.05) is 13.1 Å². The third-order valence-electron chi connectivity index (χ3n) is 5.48. The molecular weight excluding hydrogens is 329 g/mol. The Bertz CT molecular complexity index is 913. The van der Waals surface area contributed by atoms with Gasteiger partial charge in [-0.05, 0) is 55.6 Å². The first-order valence-electron chi connectivity index (χ1n) is 9.12. The molecule has 0 radical (unpaired) electrons. The third kappa shape index (κ3) is 3.19. The van der Waals surface area contributed by atoms with Crippen LogP contribution >= 0.6 is 0 Å². The summed E-state index contributed by atoms with van der Waals surface area (Å²) in [6, 6.07) is 13.1. The number of imidazole rings is 1. The molecule has 0 unspecified atom stereocenters. The van der Waals surface area contributed by atoms with Crippen molar-refractivity contribution in [2.45, 2.75) is 25.3 Å². The van der Waals surface area contributed by atoms with E-state index in [0.717, 1.165) is 60.6 Å². The quantitative estimate of drug-likeness (QED) is 0.707. The summed E-state index contributed by atoms with van der Waals surface area (Å²) in [7, 11) is 3.73. The van der Waals surface area contributed by atoms with Crippen molar-refractivity contribution in [2.24, 2.45) is 7.05 Å². The van der Waals surface area contributed by atoms with Gasteiger partial charge in [0.05, 0.1) is 24.7 Å². The van der Waals surface area contributed by atoms with Crippen molar-refractivity contribution in [3.63, 3.8) is 0 Å². The van der Waals surface area contributed by atoms with E-state index in [9.17, 15) is 4.39 Å². The highest BCUT2D eigenvalue weighted by atomic mass is 19.1. The van der Waals surface area contributed by atoms with E-state index in [-0.39, 0.29) is 5.82 Å². The fourth-order valence-corrected chi connectivity index (χ4v) is 3.90. The molecule has 1 fully saturated rings. The monoisotopic (exact) mass is 353 g/mol. The predicted octanol–water partition coefficient (Wildman–Crippen LogP) is 4.10.